The zero-order chi connectivity index (χ0) is 24.3. The van der Waals surface area contributed by atoms with Crippen molar-refractivity contribution in [3.05, 3.63) is 53.9 Å². The zero-order valence-corrected chi connectivity index (χ0v) is 20.4. The van der Waals surface area contributed by atoms with Crippen LogP contribution in [0.5, 0.6) is 0 Å². The van der Waals surface area contributed by atoms with E-state index in [2.05, 4.69) is 16.8 Å². The number of benzene rings is 2. The second kappa shape index (κ2) is 10.1. The molecule has 0 aliphatic carbocycles. The summed E-state index contributed by atoms with van der Waals surface area (Å²) in [4.78, 5) is 29.1. The lowest BCUT2D eigenvalue weighted by Crippen LogP contribution is -2.27. The summed E-state index contributed by atoms with van der Waals surface area (Å²) in [5, 5.41) is 2.84. The maximum Gasteiger partial charge on any atom is 0.243 e. The lowest BCUT2D eigenvalue weighted by Gasteiger charge is -2.15. The van der Waals surface area contributed by atoms with Crippen molar-refractivity contribution in [2.45, 2.75) is 57.4 Å². The summed E-state index contributed by atoms with van der Waals surface area (Å²) in [7, 11) is -3.52. The Hall–Kier alpha value is -3.04. The number of hydrogen-bond acceptors (Lipinski definition) is 5. The number of carbonyl (C=O) groups excluding carboxylic acids is 2. The van der Waals surface area contributed by atoms with E-state index >= 15 is 0 Å². The van der Waals surface area contributed by atoms with E-state index in [9.17, 15) is 18.0 Å². The molecule has 1 fully saturated rings. The fourth-order valence-corrected chi connectivity index (χ4v) is 5.86. The van der Waals surface area contributed by atoms with Gasteiger partial charge in [0, 0.05) is 43.7 Å². The summed E-state index contributed by atoms with van der Waals surface area (Å²) in [6.45, 7) is 5.39. The van der Waals surface area contributed by atoms with Crippen molar-refractivity contribution in [1.29, 1.82) is 0 Å². The number of Topliss-reactive ketones (excluding diaryl/α,β-unsaturated/α-hetero) is 1. The standard InChI is InChI=1S/C25H30N4O4S/c1-3-13-29-23-10-9-21(34(32,33)28-14-4-5-15-28)17-22(23)27-24(29)11-12-25(31)26-20-8-6-7-19(16-20)18(2)30/h6-10,16-17H,3-5,11-15H2,1-2H3,(H,26,31). The summed E-state index contributed by atoms with van der Waals surface area (Å²) in [6, 6.07) is 12.0. The Morgan fingerprint density at radius 3 is 2.56 bits per heavy atom. The highest BCUT2D eigenvalue weighted by molar-refractivity contribution is 7.89. The monoisotopic (exact) mass is 482 g/mol. The van der Waals surface area contributed by atoms with Crippen LogP contribution in [-0.2, 0) is 27.8 Å². The van der Waals surface area contributed by atoms with Gasteiger partial charge >= 0.3 is 0 Å². The van der Waals surface area contributed by atoms with Crippen molar-refractivity contribution in [2.75, 3.05) is 18.4 Å². The van der Waals surface area contributed by atoms with Crippen LogP contribution in [0.4, 0.5) is 5.69 Å². The first kappa shape index (κ1) is 24.1. The van der Waals surface area contributed by atoms with Gasteiger partial charge in [-0.2, -0.15) is 4.31 Å². The van der Waals surface area contributed by atoms with Gasteiger partial charge in [0.25, 0.3) is 0 Å². The van der Waals surface area contributed by atoms with Crippen LogP contribution in [0.15, 0.2) is 47.4 Å². The number of amides is 1. The number of aromatic nitrogens is 2. The number of rotatable bonds is 9. The number of carbonyl (C=O) groups is 2. The van der Waals surface area contributed by atoms with Crippen LogP contribution in [0.25, 0.3) is 11.0 Å². The highest BCUT2D eigenvalue weighted by atomic mass is 32.2. The van der Waals surface area contributed by atoms with Crippen LogP contribution >= 0.6 is 0 Å². The Balaban J connectivity index is 1.53. The topological polar surface area (TPSA) is 101 Å². The Labute approximate surface area is 200 Å². The van der Waals surface area contributed by atoms with Gasteiger partial charge in [-0.1, -0.05) is 19.1 Å². The number of hydrogen-bond donors (Lipinski definition) is 1. The Kier molecular flexibility index (Phi) is 7.13. The zero-order valence-electron chi connectivity index (χ0n) is 19.6. The molecule has 0 saturated carbocycles. The molecule has 1 aromatic heterocycles. The van der Waals surface area contributed by atoms with E-state index in [0.717, 1.165) is 37.1 Å². The van der Waals surface area contributed by atoms with E-state index in [-0.39, 0.29) is 23.0 Å². The van der Waals surface area contributed by atoms with E-state index < -0.39 is 10.0 Å². The van der Waals surface area contributed by atoms with Gasteiger partial charge in [-0.3, -0.25) is 9.59 Å². The molecule has 0 spiro atoms. The van der Waals surface area contributed by atoms with Crippen LogP contribution in [0.2, 0.25) is 0 Å². The number of nitrogens with one attached hydrogen (secondary N) is 1. The quantitative estimate of drug-likeness (QED) is 0.465. The number of nitrogens with zero attached hydrogens (tertiary/aromatic N) is 3. The third-order valence-electron chi connectivity index (χ3n) is 6.08. The molecule has 4 rings (SSSR count). The van der Waals surface area contributed by atoms with E-state index in [0.29, 0.717) is 36.3 Å². The van der Waals surface area contributed by atoms with Gasteiger partial charge in [-0.25, -0.2) is 13.4 Å². The molecule has 2 aromatic carbocycles. The van der Waals surface area contributed by atoms with Gasteiger partial charge in [0.15, 0.2) is 5.78 Å². The van der Waals surface area contributed by atoms with Gasteiger partial charge in [0.1, 0.15) is 5.82 Å². The molecule has 0 unspecified atom stereocenters. The Morgan fingerprint density at radius 2 is 1.85 bits per heavy atom. The first-order valence-electron chi connectivity index (χ1n) is 11.7. The molecule has 34 heavy (non-hydrogen) atoms. The molecule has 8 nitrogen and oxygen atoms in total. The van der Waals surface area contributed by atoms with Gasteiger partial charge in [-0.05, 0) is 56.5 Å². The van der Waals surface area contributed by atoms with Crippen LogP contribution in [0.3, 0.4) is 0 Å². The minimum absolute atomic E-state index is 0.0597. The molecule has 0 bridgehead atoms. The molecule has 180 valence electrons. The third-order valence-corrected chi connectivity index (χ3v) is 7.97. The minimum Gasteiger partial charge on any atom is -0.328 e. The number of fused-ring (bicyclic) bond motifs is 1. The predicted octanol–water partition coefficient (Wildman–Crippen LogP) is 4.00. The van der Waals surface area contributed by atoms with Crippen molar-refractivity contribution in [1.82, 2.24) is 13.9 Å². The van der Waals surface area contributed by atoms with Gasteiger partial charge in [0.05, 0.1) is 15.9 Å². The number of aryl methyl sites for hydroxylation is 2. The Bertz CT molecular complexity index is 1320. The molecule has 2 heterocycles. The summed E-state index contributed by atoms with van der Waals surface area (Å²) < 4.78 is 29.5. The highest BCUT2D eigenvalue weighted by Gasteiger charge is 2.28. The summed E-state index contributed by atoms with van der Waals surface area (Å²) in [6.07, 6.45) is 3.30. The molecule has 1 aliphatic heterocycles. The SMILES string of the molecule is CCCn1c(CCC(=O)Nc2cccc(C(C)=O)c2)nc2cc(S(=O)(=O)N3CCCC3)ccc21. The molecule has 9 heteroatoms. The number of sulfonamides is 1. The third kappa shape index (κ3) is 5.05. The Morgan fingerprint density at radius 1 is 1.09 bits per heavy atom. The van der Waals surface area contributed by atoms with E-state index in [1.54, 1.807) is 36.4 Å². The molecule has 1 aliphatic rings. The fourth-order valence-electron chi connectivity index (χ4n) is 4.33. The summed E-state index contributed by atoms with van der Waals surface area (Å²) in [5.41, 5.74) is 2.61. The molecule has 0 atom stereocenters. The van der Waals surface area contributed by atoms with E-state index in [1.165, 1.54) is 11.2 Å². The van der Waals surface area contributed by atoms with E-state index in [4.69, 9.17) is 4.98 Å². The first-order valence-corrected chi connectivity index (χ1v) is 13.1. The molecule has 1 amide bonds. The van der Waals surface area contributed by atoms with Crippen LogP contribution < -0.4 is 5.32 Å². The van der Waals surface area contributed by atoms with Crippen molar-refractivity contribution < 1.29 is 18.0 Å². The van der Waals surface area contributed by atoms with Crippen LogP contribution in [0, 0.1) is 0 Å². The predicted molar refractivity (Wildman–Crippen MR) is 131 cm³/mol. The van der Waals surface area contributed by atoms with Crippen LogP contribution in [0.1, 0.15) is 55.7 Å². The molecule has 3 aromatic rings. The largest absolute Gasteiger partial charge is 0.328 e. The summed E-state index contributed by atoms with van der Waals surface area (Å²) in [5.74, 6) is 0.517. The average Bonchev–Trinajstić information content (AvgIpc) is 3.47. The average molecular weight is 483 g/mol. The maximum atomic E-state index is 13.0. The fraction of sp³-hybridized carbons (Fsp3) is 0.400. The van der Waals surface area contributed by atoms with Gasteiger partial charge in [-0.15, -0.1) is 0 Å². The number of imidazole rings is 1. The first-order chi connectivity index (χ1) is 16.3. The van der Waals surface area contributed by atoms with Gasteiger partial charge in [0.2, 0.25) is 15.9 Å². The summed E-state index contributed by atoms with van der Waals surface area (Å²) >= 11 is 0. The van der Waals surface area contributed by atoms with Crippen LogP contribution in [-0.4, -0.2) is 47.1 Å². The van der Waals surface area contributed by atoms with Crippen molar-refractivity contribution in [3.8, 4) is 0 Å². The second-order valence-electron chi connectivity index (χ2n) is 8.63. The molecular weight excluding hydrogens is 452 g/mol. The van der Waals surface area contributed by atoms with Gasteiger partial charge < -0.3 is 9.88 Å². The number of anilines is 1. The molecule has 0 radical (unpaired) electrons. The maximum absolute atomic E-state index is 13.0. The molecular formula is C25H30N4O4S. The lowest BCUT2D eigenvalue weighted by molar-refractivity contribution is -0.116. The second-order valence-corrected chi connectivity index (χ2v) is 10.6. The van der Waals surface area contributed by atoms with Crippen molar-refractivity contribution in [3.63, 3.8) is 0 Å². The molecule has 1 N–H and O–H groups in total. The molecule has 1 saturated heterocycles. The van der Waals surface area contributed by atoms with Crippen molar-refractivity contribution in [2.24, 2.45) is 0 Å². The smallest absolute Gasteiger partial charge is 0.243 e. The minimum atomic E-state index is -3.52. The van der Waals surface area contributed by atoms with E-state index in [1.807, 2.05) is 6.07 Å². The lowest BCUT2D eigenvalue weighted by atomic mass is 10.1. The highest BCUT2D eigenvalue weighted by Crippen LogP contribution is 2.26. The normalized spacial score (nSPS) is 14.5. The number of ketones is 1. The van der Waals surface area contributed by atoms with Crippen molar-refractivity contribution >= 4 is 38.4 Å².